The Balaban J connectivity index is 1.72. The van der Waals surface area contributed by atoms with Gasteiger partial charge in [-0.1, -0.05) is 0 Å². The molecule has 0 spiro atoms. The standard InChI is InChI=1S/C14H18N6O/c1-19(13-3-2-8-15-9-13)14(21)11-4-6-12(7-5-11)20-10-16-17-18-20/h4-7,10,13,15H,2-3,8-9H2,1H3. The zero-order chi connectivity index (χ0) is 14.7. The maximum Gasteiger partial charge on any atom is 0.253 e. The molecule has 0 bridgehead atoms. The Morgan fingerprint density at radius 3 is 2.81 bits per heavy atom. The van der Waals surface area contributed by atoms with Crippen LogP contribution >= 0.6 is 0 Å². The molecular formula is C14H18N6O. The molecule has 0 saturated carbocycles. The van der Waals surface area contributed by atoms with Gasteiger partial charge >= 0.3 is 0 Å². The third-order valence-corrected chi connectivity index (χ3v) is 3.87. The first-order valence-electron chi connectivity index (χ1n) is 7.07. The molecule has 1 aliphatic heterocycles. The van der Waals surface area contributed by atoms with Gasteiger partial charge in [-0.2, -0.15) is 0 Å². The molecule has 1 aromatic heterocycles. The Morgan fingerprint density at radius 2 is 2.19 bits per heavy atom. The van der Waals surface area contributed by atoms with Crippen LogP contribution in [0.15, 0.2) is 30.6 Å². The van der Waals surface area contributed by atoms with Crippen molar-refractivity contribution in [1.29, 1.82) is 0 Å². The van der Waals surface area contributed by atoms with Crippen LogP contribution in [0.25, 0.3) is 5.69 Å². The summed E-state index contributed by atoms with van der Waals surface area (Å²) in [5.41, 5.74) is 1.51. The highest BCUT2D eigenvalue weighted by Crippen LogP contribution is 2.14. The van der Waals surface area contributed by atoms with E-state index in [0.717, 1.165) is 31.6 Å². The minimum atomic E-state index is 0.0481. The first-order chi connectivity index (χ1) is 10.3. The molecule has 3 rings (SSSR count). The summed E-state index contributed by atoms with van der Waals surface area (Å²) in [5, 5.41) is 14.3. The van der Waals surface area contributed by atoms with E-state index < -0.39 is 0 Å². The molecule has 1 unspecified atom stereocenters. The van der Waals surface area contributed by atoms with Crippen molar-refractivity contribution in [3.63, 3.8) is 0 Å². The lowest BCUT2D eigenvalue weighted by Crippen LogP contribution is -2.46. The van der Waals surface area contributed by atoms with Gasteiger partial charge in [0, 0.05) is 25.2 Å². The molecule has 21 heavy (non-hydrogen) atoms. The van der Waals surface area contributed by atoms with E-state index in [1.54, 1.807) is 4.68 Å². The van der Waals surface area contributed by atoms with Crippen molar-refractivity contribution < 1.29 is 4.79 Å². The van der Waals surface area contributed by atoms with Gasteiger partial charge < -0.3 is 10.2 Å². The minimum absolute atomic E-state index is 0.0481. The smallest absolute Gasteiger partial charge is 0.253 e. The minimum Gasteiger partial charge on any atom is -0.337 e. The number of tetrazole rings is 1. The van der Waals surface area contributed by atoms with Gasteiger partial charge in [-0.25, -0.2) is 4.68 Å². The average Bonchev–Trinajstić information content (AvgIpc) is 3.09. The normalized spacial score (nSPS) is 18.4. The highest BCUT2D eigenvalue weighted by atomic mass is 16.2. The van der Waals surface area contributed by atoms with Crippen molar-refractivity contribution >= 4 is 5.91 Å². The molecule has 110 valence electrons. The number of aromatic nitrogens is 4. The zero-order valence-corrected chi connectivity index (χ0v) is 11.9. The van der Waals surface area contributed by atoms with Crippen molar-refractivity contribution in [3.05, 3.63) is 36.2 Å². The summed E-state index contributed by atoms with van der Waals surface area (Å²) in [5.74, 6) is 0.0481. The lowest BCUT2D eigenvalue weighted by Gasteiger charge is -2.31. The number of amides is 1. The summed E-state index contributed by atoms with van der Waals surface area (Å²) in [6.07, 6.45) is 3.69. The van der Waals surface area contributed by atoms with E-state index in [-0.39, 0.29) is 11.9 Å². The van der Waals surface area contributed by atoms with Crippen molar-refractivity contribution in [2.45, 2.75) is 18.9 Å². The third-order valence-electron chi connectivity index (χ3n) is 3.87. The van der Waals surface area contributed by atoms with Crippen LogP contribution in [0.4, 0.5) is 0 Å². The summed E-state index contributed by atoms with van der Waals surface area (Å²) >= 11 is 0. The van der Waals surface area contributed by atoms with Crippen LogP contribution in [0.2, 0.25) is 0 Å². The van der Waals surface area contributed by atoms with Gasteiger partial charge in [-0.15, -0.1) is 5.10 Å². The number of likely N-dealkylation sites (N-methyl/N-ethyl adjacent to an activating group) is 1. The predicted molar refractivity (Wildman–Crippen MR) is 77.1 cm³/mol. The first-order valence-corrected chi connectivity index (χ1v) is 7.07. The molecule has 1 atom stereocenters. The largest absolute Gasteiger partial charge is 0.337 e. The van der Waals surface area contributed by atoms with Crippen LogP contribution in [0.3, 0.4) is 0 Å². The molecular weight excluding hydrogens is 268 g/mol. The Kier molecular flexibility index (Phi) is 3.92. The van der Waals surface area contributed by atoms with Crippen molar-refractivity contribution in [2.24, 2.45) is 0 Å². The van der Waals surface area contributed by atoms with E-state index in [1.165, 1.54) is 6.33 Å². The number of carbonyl (C=O) groups excluding carboxylic acids is 1. The quantitative estimate of drug-likeness (QED) is 0.888. The van der Waals surface area contributed by atoms with Gasteiger partial charge in [-0.3, -0.25) is 4.79 Å². The molecule has 7 heteroatoms. The fourth-order valence-electron chi connectivity index (χ4n) is 2.57. The predicted octanol–water partition coefficient (Wildman–Crippen LogP) is 0.486. The van der Waals surface area contributed by atoms with Crippen LogP contribution < -0.4 is 5.32 Å². The second-order valence-electron chi connectivity index (χ2n) is 5.22. The van der Waals surface area contributed by atoms with Crippen LogP contribution in [-0.4, -0.2) is 57.2 Å². The number of hydrogen-bond donors (Lipinski definition) is 1. The molecule has 1 amide bonds. The summed E-state index contributed by atoms with van der Waals surface area (Å²) in [4.78, 5) is 14.3. The number of nitrogens with one attached hydrogen (secondary N) is 1. The maximum atomic E-state index is 12.5. The van der Waals surface area contributed by atoms with Gasteiger partial charge in [0.1, 0.15) is 6.33 Å². The van der Waals surface area contributed by atoms with Crippen LogP contribution in [0.1, 0.15) is 23.2 Å². The van der Waals surface area contributed by atoms with Crippen molar-refractivity contribution in [2.75, 3.05) is 20.1 Å². The Morgan fingerprint density at radius 1 is 1.38 bits per heavy atom. The number of piperidine rings is 1. The molecule has 1 aliphatic rings. The third kappa shape index (κ3) is 2.92. The van der Waals surface area contributed by atoms with E-state index in [9.17, 15) is 4.79 Å². The number of hydrogen-bond acceptors (Lipinski definition) is 5. The number of benzene rings is 1. The Hall–Kier alpha value is -2.28. The van der Waals surface area contributed by atoms with Crippen LogP contribution in [-0.2, 0) is 0 Å². The summed E-state index contributed by atoms with van der Waals surface area (Å²) < 4.78 is 1.56. The number of nitrogens with zero attached hydrogens (tertiary/aromatic N) is 5. The second kappa shape index (κ2) is 6.01. The van der Waals surface area contributed by atoms with E-state index in [2.05, 4.69) is 20.8 Å². The topological polar surface area (TPSA) is 75.9 Å². The second-order valence-corrected chi connectivity index (χ2v) is 5.22. The molecule has 2 aromatic rings. The average molecular weight is 286 g/mol. The van der Waals surface area contributed by atoms with Gasteiger partial charge in [0.05, 0.1) is 5.69 Å². The lowest BCUT2D eigenvalue weighted by atomic mass is 10.1. The fourth-order valence-corrected chi connectivity index (χ4v) is 2.57. The molecule has 1 saturated heterocycles. The molecule has 0 aliphatic carbocycles. The SMILES string of the molecule is CN(C(=O)c1ccc(-n2cnnn2)cc1)C1CCCNC1. The van der Waals surface area contributed by atoms with E-state index in [1.807, 2.05) is 36.2 Å². The number of carbonyl (C=O) groups is 1. The lowest BCUT2D eigenvalue weighted by molar-refractivity contribution is 0.0708. The Labute approximate surface area is 122 Å². The monoisotopic (exact) mass is 286 g/mol. The molecule has 7 nitrogen and oxygen atoms in total. The first kappa shape index (κ1) is 13.7. The van der Waals surface area contributed by atoms with Gasteiger partial charge in [0.2, 0.25) is 0 Å². The fraction of sp³-hybridized carbons (Fsp3) is 0.429. The Bertz CT molecular complexity index is 588. The van der Waals surface area contributed by atoms with Crippen molar-refractivity contribution in [1.82, 2.24) is 30.4 Å². The van der Waals surface area contributed by atoms with Gasteiger partial charge in [-0.05, 0) is 54.1 Å². The summed E-state index contributed by atoms with van der Waals surface area (Å²) in [7, 11) is 1.87. The van der Waals surface area contributed by atoms with Gasteiger partial charge in [0.25, 0.3) is 5.91 Å². The van der Waals surface area contributed by atoms with E-state index in [4.69, 9.17) is 0 Å². The molecule has 0 radical (unpaired) electrons. The zero-order valence-electron chi connectivity index (χ0n) is 11.9. The van der Waals surface area contributed by atoms with E-state index in [0.29, 0.717) is 5.56 Å². The number of rotatable bonds is 3. The molecule has 1 fully saturated rings. The molecule has 1 aromatic carbocycles. The maximum absolute atomic E-state index is 12.5. The van der Waals surface area contributed by atoms with Crippen molar-refractivity contribution in [3.8, 4) is 5.69 Å². The summed E-state index contributed by atoms with van der Waals surface area (Å²) in [6.45, 7) is 1.91. The molecule has 2 heterocycles. The van der Waals surface area contributed by atoms with E-state index >= 15 is 0 Å². The van der Waals surface area contributed by atoms with Crippen LogP contribution in [0.5, 0.6) is 0 Å². The highest BCUT2D eigenvalue weighted by Gasteiger charge is 2.22. The van der Waals surface area contributed by atoms with Crippen LogP contribution in [0, 0.1) is 0 Å². The highest BCUT2D eigenvalue weighted by molar-refractivity contribution is 5.94. The van der Waals surface area contributed by atoms with Gasteiger partial charge in [0.15, 0.2) is 0 Å². The molecule has 1 N–H and O–H groups in total. The summed E-state index contributed by atoms with van der Waals surface area (Å²) in [6, 6.07) is 7.58.